The third-order valence-corrected chi connectivity index (χ3v) is 7.65. The van der Waals surface area contributed by atoms with Crippen LogP contribution in [0.25, 0.3) is 10.9 Å². The Morgan fingerprint density at radius 2 is 1.49 bits per heavy atom. The van der Waals surface area contributed by atoms with Crippen LogP contribution in [0.5, 0.6) is 11.5 Å². The summed E-state index contributed by atoms with van der Waals surface area (Å²) in [5.41, 5.74) is 3.14. The Morgan fingerprint density at radius 1 is 0.743 bits per heavy atom. The van der Waals surface area contributed by atoms with Crippen LogP contribution < -0.4 is 10.1 Å². The maximum Gasteiger partial charge on any atom is 0.206 e. The van der Waals surface area contributed by atoms with Crippen molar-refractivity contribution in [3.8, 4) is 11.5 Å². The van der Waals surface area contributed by atoms with Crippen LogP contribution in [0.3, 0.4) is 0 Å². The molecule has 176 valence electrons. The van der Waals surface area contributed by atoms with Gasteiger partial charge in [0, 0.05) is 23.6 Å². The third-order valence-electron chi connectivity index (χ3n) is 5.88. The van der Waals surface area contributed by atoms with E-state index in [4.69, 9.17) is 4.74 Å². The van der Waals surface area contributed by atoms with E-state index in [1.807, 2.05) is 66.9 Å². The molecule has 0 atom stereocenters. The van der Waals surface area contributed by atoms with Crippen molar-refractivity contribution in [2.75, 3.05) is 6.54 Å². The second-order valence-corrected chi connectivity index (χ2v) is 10.3. The minimum Gasteiger partial charge on any atom is -0.457 e. The van der Waals surface area contributed by atoms with Gasteiger partial charge in [-0.2, -0.15) is 0 Å². The predicted octanol–water partition coefficient (Wildman–Crippen LogP) is 6.13. The molecule has 1 heterocycles. The van der Waals surface area contributed by atoms with Crippen LogP contribution in [0.1, 0.15) is 11.1 Å². The molecule has 0 bridgehead atoms. The van der Waals surface area contributed by atoms with Crippen molar-refractivity contribution >= 4 is 20.7 Å². The van der Waals surface area contributed by atoms with E-state index in [1.165, 1.54) is 0 Å². The molecule has 4 aromatic carbocycles. The number of rotatable bonds is 9. The first kappa shape index (κ1) is 22.9. The number of hydrogen-bond donors (Lipinski definition) is 2. The summed E-state index contributed by atoms with van der Waals surface area (Å²) in [6.45, 7) is 1.47. The summed E-state index contributed by atoms with van der Waals surface area (Å²) < 4.78 is 32.0. The number of ether oxygens (including phenoxy) is 1. The second kappa shape index (κ2) is 10.2. The van der Waals surface area contributed by atoms with Crippen molar-refractivity contribution in [3.63, 3.8) is 0 Å². The first-order chi connectivity index (χ1) is 17.1. The van der Waals surface area contributed by atoms with Crippen LogP contribution in [0.15, 0.2) is 119 Å². The van der Waals surface area contributed by atoms with Crippen LogP contribution >= 0.6 is 0 Å². The number of aromatic amines is 1. The summed E-state index contributed by atoms with van der Waals surface area (Å²) in [6.07, 6.45) is 2.73. The molecule has 5 aromatic rings. The number of fused-ring (bicyclic) bond motifs is 1. The van der Waals surface area contributed by atoms with E-state index in [0.29, 0.717) is 16.3 Å². The van der Waals surface area contributed by atoms with E-state index in [2.05, 4.69) is 16.4 Å². The summed E-state index contributed by atoms with van der Waals surface area (Å²) in [5.74, 6) is 1.62. The molecule has 0 radical (unpaired) electrons. The molecule has 35 heavy (non-hydrogen) atoms. The summed E-state index contributed by atoms with van der Waals surface area (Å²) in [6, 6.07) is 31.6. The Bertz CT molecular complexity index is 1530. The molecule has 1 aromatic heterocycles. The SMILES string of the molecule is O=S(=O)(c1ccccc1)c1ccc2[nH]cc(CCNCc3cccc(Oc4ccccc4)c3)c2c1. The third kappa shape index (κ3) is 5.29. The lowest BCUT2D eigenvalue weighted by Crippen LogP contribution is -2.16. The first-order valence-corrected chi connectivity index (χ1v) is 13.0. The zero-order valence-corrected chi connectivity index (χ0v) is 20.0. The average Bonchev–Trinajstić information content (AvgIpc) is 3.30. The highest BCUT2D eigenvalue weighted by molar-refractivity contribution is 7.91. The number of para-hydroxylation sites is 1. The lowest BCUT2D eigenvalue weighted by atomic mass is 10.1. The molecule has 0 fully saturated rings. The van der Waals surface area contributed by atoms with Crippen molar-refractivity contribution in [2.45, 2.75) is 22.8 Å². The zero-order chi connectivity index (χ0) is 24.1. The standard InChI is InChI=1S/C29H26N2O3S/c32-35(33,26-12-5-2-6-13-26)27-14-15-29-28(19-27)23(21-31-29)16-17-30-20-22-8-7-11-25(18-22)34-24-9-3-1-4-10-24/h1-15,18-19,21,30-31H,16-17,20H2. The molecule has 0 aliphatic rings. The number of H-pyrrole nitrogens is 1. The minimum absolute atomic E-state index is 0.302. The topological polar surface area (TPSA) is 71.2 Å². The smallest absolute Gasteiger partial charge is 0.206 e. The molecule has 5 nitrogen and oxygen atoms in total. The Labute approximate surface area is 205 Å². The van der Waals surface area contributed by atoms with E-state index in [-0.39, 0.29) is 0 Å². The first-order valence-electron chi connectivity index (χ1n) is 11.5. The van der Waals surface area contributed by atoms with E-state index in [1.54, 1.807) is 36.4 Å². The van der Waals surface area contributed by atoms with Gasteiger partial charge in [-0.25, -0.2) is 8.42 Å². The van der Waals surface area contributed by atoms with E-state index in [0.717, 1.165) is 46.5 Å². The average molecular weight is 483 g/mol. The van der Waals surface area contributed by atoms with Crippen molar-refractivity contribution in [2.24, 2.45) is 0 Å². The van der Waals surface area contributed by atoms with Crippen LogP contribution in [0.2, 0.25) is 0 Å². The molecular weight excluding hydrogens is 456 g/mol. The van der Waals surface area contributed by atoms with Gasteiger partial charge in [-0.3, -0.25) is 0 Å². The molecule has 0 aliphatic carbocycles. The van der Waals surface area contributed by atoms with Gasteiger partial charge in [0.15, 0.2) is 0 Å². The lowest BCUT2D eigenvalue weighted by Gasteiger charge is -2.09. The highest BCUT2D eigenvalue weighted by Crippen LogP contribution is 2.27. The number of nitrogens with one attached hydrogen (secondary N) is 2. The number of aromatic nitrogens is 1. The van der Waals surface area contributed by atoms with Gasteiger partial charge < -0.3 is 15.0 Å². The largest absolute Gasteiger partial charge is 0.457 e. The zero-order valence-electron chi connectivity index (χ0n) is 19.1. The van der Waals surface area contributed by atoms with Gasteiger partial charge in [-0.1, -0.05) is 48.5 Å². The quantitative estimate of drug-likeness (QED) is 0.248. The fourth-order valence-electron chi connectivity index (χ4n) is 4.07. The number of sulfone groups is 1. The molecule has 0 amide bonds. The van der Waals surface area contributed by atoms with Crippen LogP contribution in [0, 0.1) is 0 Å². The van der Waals surface area contributed by atoms with Crippen molar-refractivity contribution in [1.29, 1.82) is 0 Å². The highest BCUT2D eigenvalue weighted by atomic mass is 32.2. The van der Waals surface area contributed by atoms with Gasteiger partial charge in [0.1, 0.15) is 11.5 Å². The van der Waals surface area contributed by atoms with Gasteiger partial charge in [0.25, 0.3) is 0 Å². The summed E-state index contributed by atoms with van der Waals surface area (Å²) in [4.78, 5) is 3.86. The van der Waals surface area contributed by atoms with Crippen LogP contribution in [-0.2, 0) is 22.8 Å². The maximum absolute atomic E-state index is 13.0. The summed E-state index contributed by atoms with van der Waals surface area (Å²) >= 11 is 0. The second-order valence-electron chi connectivity index (χ2n) is 8.33. The molecule has 5 rings (SSSR count). The number of hydrogen-bond acceptors (Lipinski definition) is 4. The molecule has 0 spiro atoms. The Morgan fingerprint density at radius 3 is 2.29 bits per heavy atom. The van der Waals surface area contributed by atoms with Crippen molar-refractivity contribution in [3.05, 3.63) is 120 Å². The monoisotopic (exact) mass is 482 g/mol. The van der Waals surface area contributed by atoms with Crippen molar-refractivity contribution in [1.82, 2.24) is 10.3 Å². The van der Waals surface area contributed by atoms with E-state index >= 15 is 0 Å². The Balaban J connectivity index is 1.23. The molecule has 0 unspecified atom stereocenters. The molecular formula is C29H26N2O3S. The van der Waals surface area contributed by atoms with Crippen molar-refractivity contribution < 1.29 is 13.2 Å². The predicted molar refractivity (Wildman–Crippen MR) is 139 cm³/mol. The number of benzene rings is 4. The summed E-state index contributed by atoms with van der Waals surface area (Å²) in [7, 11) is -3.55. The van der Waals surface area contributed by atoms with Gasteiger partial charge in [0.05, 0.1) is 9.79 Å². The maximum atomic E-state index is 13.0. The molecule has 0 saturated heterocycles. The van der Waals surface area contributed by atoms with Crippen LogP contribution in [-0.4, -0.2) is 19.9 Å². The van der Waals surface area contributed by atoms with Crippen LogP contribution in [0.4, 0.5) is 0 Å². The Kier molecular flexibility index (Phi) is 6.66. The van der Waals surface area contributed by atoms with Gasteiger partial charge in [-0.15, -0.1) is 0 Å². The summed E-state index contributed by atoms with van der Waals surface area (Å²) in [5, 5.41) is 4.41. The fourth-order valence-corrected chi connectivity index (χ4v) is 5.37. The minimum atomic E-state index is -3.55. The Hall–Kier alpha value is -3.87. The molecule has 0 aliphatic heterocycles. The van der Waals surface area contributed by atoms with Gasteiger partial charge in [0.2, 0.25) is 9.84 Å². The fraction of sp³-hybridized carbons (Fsp3) is 0.103. The normalized spacial score (nSPS) is 11.5. The highest BCUT2D eigenvalue weighted by Gasteiger charge is 2.18. The molecule has 0 saturated carbocycles. The molecule has 6 heteroatoms. The van der Waals surface area contributed by atoms with E-state index < -0.39 is 9.84 Å². The van der Waals surface area contributed by atoms with Gasteiger partial charge >= 0.3 is 0 Å². The molecule has 2 N–H and O–H groups in total. The lowest BCUT2D eigenvalue weighted by molar-refractivity contribution is 0.481. The van der Waals surface area contributed by atoms with Gasteiger partial charge in [-0.05, 0) is 78.7 Å². The van der Waals surface area contributed by atoms with E-state index in [9.17, 15) is 8.42 Å².